The summed E-state index contributed by atoms with van der Waals surface area (Å²) in [4.78, 5) is 26.1. The van der Waals surface area contributed by atoms with E-state index in [9.17, 15) is 14.9 Å². The van der Waals surface area contributed by atoms with Gasteiger partial charge in [0.15, 0.2) is 0 Å². The fourth-order valence-corrected chi connectivity index (χ4v) is 3.80. The molecule has 0 bridgehead atoms. The van der Waals surface area contributed by atoms with Crippen LogP contribution >= 0.6 is 11.8 Å². The minimum atomic E-state index is -0.259. The molecular formula is C19H23N3O2S. The Labute approximate surface area is 153 Å². The Hall–Kier alpha value is -2.26. The number of nitriles is 1. The molecule has 0 spiro atoms. The van der Waals surface area contributed by atoms with Crippen LogP contribution in [0.3, 0.4) is 0 Å². The highest BCUT2D eigenvalue weighted by atomic mass is 32.2. The Morgan fingerprint density at radius 2 is 1.96 bits per heavy atom. The first-order chi connectivity index (χ1) is 12.0. The minimum absolute atomic E-state index is 0.00602. The molecule has 1 aliphatic heterocycles. The Bertz CT molecular complexity index is 715. The topological polar surface area (TPSA) is 73.2 Å². The molecule has 0 aliphatic carbocycles. The number of carbonyl (C=O) groups excluding carboxylic acids is 2. The molecule has 0 aromatic heterocycles. The summed E-state index contributed by atoms with van der Waals surface area (Å²) in [7, 11) is 0. The number of aryl methyl sites for hydroxylation is 1. The molecule has 1 aliphatic rings. The van der Waals surface area contributed by atoms with Crippen LogP contribution in [-0.2, 0) is 9.59 Å². The highest BCUT2D eigenvalue weighted by Crippen LogP contribution is 2.36. The summed E-state index contributed by atoms with van der Waals surface area (Å²) in [5, 5.41) is 12.9. The van der Waals surface area contributed by atoms with Crippen LogP contribution in [0.15, 0.2) is 34.9 Å². The molecule has 2 amide bonds. The van der Waals surface area contributed by atoms with Gasteiger partial charge in [0.25, 0.3) is 0 Å². The third-order valence-electron chi connectivity index (χ3n) is 4.29. The summed E-state index contributed by atoms with van der Waals surface area (Å²) in [5.41, 5.74) is 2.61. The number of carbonyl (C=O) groups is 2. The molecule has 1 atom stereocenters. The number of nitrogens with zero attached hydrogens (tertiary/aromatic N) is 2. The molecule has 25 heavy (non-hydrogen) atoms. The zero-order chi connectivity index (χ0) is 18.4. The number of nitrogens with one attached hydrogen (secondary N) is 1. The van der Waals surface area contributed by atoms with Crippen molar-refractivity contribution < 1.29 is 9.59 Å². The predicted molar refractivity (Wildman–Crippen MR) is 99.7 cm³/mol. The quantitative estimate of drug-likeness (QED) is 0.849. The zero-order valence-corrected chi connectivity index (χ0v) is 15.7. The average molecular weight is 357 g/mol. The molecule has 1 N–H and O–H groups in total. The number of allylic oxidation sites excluding steroid dienone is 1. The van der Waals surface area contributed by atoms with E-state index in [1.807, 2.05) is 45.0 Å². The predicted octanol–water partition coefficient (Wildman–Crippen LogP) is 2.94. The summed E-state index contributed by atoms with van der Waals surface area (Å²) >= 11 is 1.24. The lowest BCUT2D eigenvalue weighted by atomic mass is 9.87. The zero-order valence-electron chi connectivity index (χ0n) is 14.8. The van der Waals surface area contributed by atoms with Crippen molar-refractivity contribution in [3.8, 4) is 6.07 Å². The Morgan fingerprint density at radius 1 is 1.32 bits per heavy atom. The van der Waals surface area contributed by atoms with Gasteiger partial charge in [-0.3, -0.25) is 9.59 Å². The van der Waals surface area contributed by atoms with E-state index in [1.54, 1.807) is 4.90 Å². The summed E-state index contributed by atoms with van der Waals surface area (Å²) in [5.74, 6) is -0.164. The van der Waals surface area contributed by atoms with Gasteiger partial charge in [0.2, 0.25) is 11.8 Å². The largest absolute Gasteiger partial charge is 0.343 e. The molecule has 132 valence electrons. The molecule has 6 heteroatoms. The molecule has 0 saturated heterocycles. The van der Waals surface area contributed by atoms with Crippen molar-refractivity contribution in [2.45, 2.75) is 33.1 Å². The highest BCUT2D eigenvalue weighted by Gasteiger charge is 2.30. The van der Waals surface area contributed by atoms with Crippen molar-refractivity contribution in [3.05, 3.63) is 46.0 Å². The number of hydrogen-bond donors (Lipinski definition) is 1. The lowest BCUT2D eigenvalue weighted by molar-refractivity contribution is -0.128. The van der Waals surface area contributed by atoms with E-state index in [-0.39, 0.29) is 29.9 Å². The van der Waals surface area contributed by atoms with Crippen LogP contribution in [0, 0.1) is 18.3 Å². The molecule has 1 aromatic rings. The third-order valence-corrected chi connectivity index (χ3v) is 5.29. The number of rotatable bonds is 6. The number of hydrogen-bond acceptors (Lipinski definition) is 4. The van der Waals surface area contributed by atoms with Crippen LogP contribution in [0.25, 0.3) is 0 Å². The van der Waals surface area contributed by atoms with Crippen LogP contribution in [-0.4, -0.2) is 35.6 Å². The average Bonchev–Trinajstić information content (AvgIpc) is 2.61. The summed E-state index contributed by atoms with van der Waals surface area (Å²) in [6.07, 6.45) is 0.250. The van der Waals surface area contributed by atoms with E-state index in [1.165, 1.54) is 11.8 Å². The van der Waals surface area contributed by atoms with Crippen molar-refractivity contribution >= 4 is 23.6 Å². The van der Waals surface area contributed by atoms with Crippen molar-refractivity contribution in [1.82, 2.24) is 10.2 Å². The van der Waals surface area contributed by atoms with E-state index in [4.69, 9.17) is 0 Å². The molecule has 0 radical (unpaired) electrons. The second kappa shape index (κ2) is 8.72. The fourth-order valence-electron chi connectivity index (χ4n) is 2.82. The number of thioether (sulfide) groups is 1. The maximum atomic E-state index is 12.2. The maximum absolute atomic E-state index is 12.2. The summed E-state index contributed by atoms with van der Waals surface area (Å²) < 4.78 is 0. The smallest absolute Gasteiger partial charge is 0.232 e. The highest BCUT2D eigenvalue weighted by molar-refractivity contribution is 8.03. The van der Waals surface area contributed by atoms with Crippen LogP contribution in [0.5, 0.6) is 0 Å². The van der Waals surface area contributed by atoms with Gasteiger partial charge in [0.1, 0.15) is 0 Å². The molecule has 0 unspecified atom stereocenters. The number of benzene rings is 1. The van der Waals surface area contributed by atoms with E-state index >= 15 is 0 Å². The van der Waals surface area contributed by atoms with E-state index in [2.05, 4.69) is 11.4 Å². The molecule has 2 rings (SSSR count). The van der Waals surface area contributed by atoms with Crippen LogP contribution in [0.4, 0.5) is 0 Å². The summed E-state index contributed by atoms with van der Waals surface area (Å²) in [6, 6.07) is 10.1. The maximum Gasteiger partial charge on any atom is 0.232 e. The van der Waals surface area contributed by atoms with E-state index < -0.39 is 0 Å². The van der Waals surface area contributed by atoms with Gasteiger partial charge in [-0.25, -0.2) is 0 Å². The van der Waals surface area contributed by atoms with Crippen molar-refractivity contribution in [1.29, 1.82) is 5.26 Å². The van der Waals surface area contributed by atoms with Gasteiger partial charge >= 0.3 is 0 Å². The lowest BCUT2D eigenvalue weighted by Crippen LogP contribution is -2.34. The Kier molecular flexibility index (Phi) is 6.65. The van der Waals surface area contributed by atoms with Gasteiger partial charge in [0.05, 0.1) is 22.4 Å². The second-order valence-electron chi connectivity index (χ2n) is 5.92. The SMILES string of the molecule is CCN(CC)C(=O)CSC1=C(C#N)[C@@H](c2ccc(C)cc2)CC(=O)N1. The van der Waals surface area contributed by atoms with Gasteiger partial charge < -0.3 is 10.2 Å². The molecule has 1 aromatic carbocycles. The first kappa shape index (κ1) is 19.1. The molecular weight excluding hydrogens is 334 g/mol. The standard InChI is InChI=1S/C19H23N3O2S/c1-4-22(5-2)18(24)12-25-19-16(11-20)15(10-17(23)21-19)14-8-6-13(3)7-9-14/h6-9,15H,4-5,10,12H2,1-3H3,(H,21,23)/t15-/m1/s1. The van der Waals surface area contributed by atoms with E-state index in [0.717, 1.165) is 11.1 Å². The van der Waals surface area contributed by atoms with E-state index in [0.29, 0.717) is 23.7 Å². The normalized spacial score (nSPS) is 17.0. The van der Waals surface area contributed by atoms with Gasteiger partial charge in [-0.1, -0.05) is 41.6 Å². The van der Waals surface area contributed by atoms with Crippen molar-refractivity contribution in [2.24, 2.45) is 0 Å². The van der Waals surface area contributed by atoms with Crippen LogP contribution in [0.2, 0.25) is 0 Å². The molecule has 0 fully saturated rings. The minimum Gasteiger partial charge on any atom is -0.343 e. The second-order valence-corrected chi connectivity index (χ2v) is 6.91. The van der Waals surface area contributed by atoms with Crippen LogP contribution < -0.4 is 5.32 Å². The molecule has 1 heterocycles. The monoisotopic (exact) mass is 357 g/mol. The number of amides is 2. The Morgan fingerprint density at radius 3 is 2.52 bits per heavy atom. The first-order valence-corrected chi connectivity index (χ1v) is 9.39. The van der Waals surface area contributed by atoms with Gasteiger partial charge in [-0.05, 0) is 26.3 Å². The molecule has 5 nitrogen and oxygen atoms in total. The van der Waals surface area contributed by atoms with Crippen molar-refractivity contribution in [2.75, 3.05) is 18.8 Å². The van der Waals surface area contributed by atoms with Gasteiger partial charge in [0, 0.05) is 25.4 Å². The van der Waals surface area contributed by atoms with Crippen molar-refractivity contribution in [3.63, 3.8) is 0 Å². The van der Waals surface area contributed by atoms with Gasteiger partial charge in [-0.2, -0.15) is 5.26 Å². The van der Waals surface area contributed by atoms with Crippen LogP contribution in [0.1, 0.15) is 37.3 Å². The summed E-state index contributed by atoms with van der Waals surface area (Å²) in [6.45, 7) is 7.17. The lowest BCUT2D eigenvalue weighted by Gasteiger charge is -2.25. The third kappa shape index (κ3) is 4.64. The Balaban J connectivity index is 2.24. The molecule has 0 saturated carbocycles. The van der Waals surface area contributed by atoms with Gasteiger partial charge in [-0.15, -0.1) is 0 Å². The fraction of sp³-hybridized carbons (Fsp3) is 0.421. The first-order valence-electron chi connectivity index (χ1n) is 8.41.